The summed E-state index contributed by atoms with van der Waals surface area (Å²) >= 11 is 0. The van der Waals surface area contributed by atoms with Crippen molar-refractivity contribution in [2.24, 2.45) is 0 Å². The van der Waals surface area contributed by atoms with Crippen molar-refractivity contribution in [1.29, 1.82) is 0 Å². The summed E-state index contributed by atoms with van der Waals surface area (Å²) in [5.74, 6) is -0.102. The summed E-state index contributed by atoms with van der Waals surface area (Å²) in [6.07, 6.45) is 0. The van der Waals surface area contributed by atoms with Gasteiger partial charge < -0.3 is 19.7 Å². The minimum atomic E-state index is -0.385. The number of aliphatic hydroxyl groups excluding tert-OH is 2. The van der Waals surface area contributed by atoms with Gasteiger partial charge in [0.05, 0.1) is 14.2 Å². The van der Waals surface area contributed by atoms with Crippen molar-refractivity contribution in [3.63, 3.8) is 0 Å². The average molecular weight is 274 g/mol. The van der Waals surface area contributed by atoms with Gasteiger partial charge in [-0.05, 0) is 12.1 Å². The summed E-state index contributed by atoms with van der Waals surface area (Å²) in [6, 6.07) is 9.69. The fourth-order valence-corrected chi connectivity index (χ4v) is 1.56. The Balaban J connectivity index is 2.43. The Labute approximate surface area is 116 Å². The Morgan fingerprint density at radius 2 is 1.20 bits per heavy atom. The third kappa shape index (κ3) is 2.80. The Kier molecular flexibility index (Phi) is 4.05. The van der Waals surface area contributed by atoms with Crippen LogP contribution < -0.4 is 9.47 Å². The fourth-order valence-electron chi connectivity index (χ4n) is 1.56. The van der Waals surface area contributed by atoms with Gasteiger partial charge >= 0.3 is 0 Å². The molecule has 0 amide bonds. The first-order valence-corrected chi connectivity index (χ1v) is 5.80. The smallest absolute Gasteiger partial charge is 0.213 e. The summed E-state index contributed by atoms with van der Waals surface area (Å²) < 4.78 is 9.93. The Bertz CT molecular complexity index is 585. The van der Waals surface area contributed by atoms with Crippen molar-refractivity contribution in [3.05, 3.63) is 47.8 Å². The molecule has 0 bridgehead atoms. The highest BCUT2D eigenvalue weighted by Gasteiger charge is 2.13. The van der Waals surface area contributed by atoms with Gasteiger partial charge in [0.15, 0.2) is 11.5 Å². The van der Waals surface area contributed by atoms with Gasteiger partial charge in [0.1, 0.15) is 11.4 Å². The highest BCUT2D eigenvalue weighted by atomic mass is 16.5. The minimum Gasteiger partial charge on any atom is -0.503 e. The second kappa shape index (κ2) is 5.92. The monoisotopic (exact) mass is 274 g/mol. The first kappa shape index (κ1) is 13.7. The lowest BCUT2D eigenvalue weighted by atomic mass is 10.2. The number of hydrogen-bond donors (Lipinski definition) is 2. The van der Waals surface area contributed by atoms with E-state index >= 15 is 0 Å². The molecule has 0 spiro atoms. The van der Waals surface area contributed by atoms with Gasteiger partial charge in [-0.3, -0.25) is 0 Å². The normalized spacial score (nSPS) is 11.7. The number of rotatable bonds is 4. The van der Waals surface area contributed by atoms with E-state index in [1.54, 1.807) is 36.4 Å². The first-order chi connectivity index (χ1) is 9.65. The molecule has 2 aromatic heterocycles. The van der Waals surface area contributed by atoms with E-state index in [0.717, 1.165) is 0 Å². The number of nitrogens with zero attached hydrogens (tertiary/aromatic N) is 2. The molecule has 0 aromatic carbocycles. The molecule has 0 unspecified atom stereocenters. The maximum Gasteiger partial charge on any atom is 0.213 e. The van der Waals surface area contributed by atoms with Crippen molar-refractivity contribution < 1.29 is 19.7 Å². The molecule has 0 radical (unpaired) electrons. The topological polar surface area (TPSA) is 84.7 Å². The Hall–Kier alpha value is -2.76. The van der Waals surface area contributed by atoms with Gasteiger partial charge in [-0.1, -0.05) is 12.1 Å². The Morgan fingerprint density at radius 3 is 1.55 bits per heavy atom. The van der Waals surface area contributed by atoms with E-state index in [-0.39, 0.29) is 22.9 Å². The average Bonchev–Trinajstić information content (AvgIpc) is 2.53. The van der Waals surface area contributed by atoms with Crippen LogP contribution in [0, 0.1) is 0 Å². The summed E-state index contributed by atoms with van der Waals surface area (Å²) in [5.41, 5.74) is 0.373. The van der Waals surface area contributed by atoms with Crippen LogP contribution in [0.25, 0.3) is 11.5 Å². The lowest BCUT2D eigenvalue weighted by Gasteiger charge is -2.06. The molecule has 0 fully saturated rings. The highest BCUT2D eigenvalue weighted by molar-refractivity contribution is 5.79. The van der Waals surface area contributed by atoms with Crippen LogP contribution in [0.2, 0.25) is 0 Å². The number of methoxy groups -OCH3 is 2. The quantitative estimate of drug-likeness (QED) is 0.833. The van der Waals surface area contributed by atoms with Gasteiger partial charge in [-0.2, -0.15) is 0 Å². The molecule has 0 saturated heterocycles. The number of ether oxygens (including phenoxy) is 2. The lowest BCUT2D eigenvalue weighted by Crippen LogP contribution is -1.98. The standard InChI is InChI=1S/C14H14N2O4/c1-19-11-7-3-5-9(15-11)13(17)14(18)10-6-4-8-12(16-10)20-2/h3-8,17-18H,1-2H3/b14-13+. The predicted molar refractivity (Wildman–Crippen MR) is 73.6 cm³/mol. The third-order valence-electron chi connectivity index (χ3n) is 2.57. The van der Waals surface area contributed by atoms with Crippen molar-refractivity contribution in [2.75, 3.05) is 14.2 Å². The van der Waals surface area contributed by atoms with Crippen molar-refractivity contribution in [3.8, 4) is 11.8 Å². The van der Waals surface area contributed by atoms with Crippen LogP contribution in [-0.4, -0.2) is 34.4 Å². The van der Waals surface area contributed by atoms with E-state index in [0.29, 0.717) is 11.8 Å². The molecule has 6 heteroatoms. The molecule has 20 heavy (non-hydrogen) atoms. The van der Waals surface area contributed by atoms with Crippen LogP contribution in [-0.2, 0) is 0 Å². The molecular weight excluding hydrogens is 260 g/mol. The minimum absolute atomic E-state index is 0.187. The maximum absolute atomic E-state index is 10.1. The van der Waals surface area contributed by atoms with Gasteiger partial charge in [0.25, 0.3) is 0 Å². The van der Waals surface area contributed by atoms with Crippen LogP contribution in [0.15, 0.2) is 36.4 Å². The lowest BCUT2D eigenvalue weighted by molar-refractivity contribution is 0.393. The van der Waals surface area contributed by atoms with Crippen LogP contribution in [0.3, 0.4) is 0 Å². The number of aliphatic hydroxyl groups is 2. The zero-order valence-corrected chi connectivity index (χ0v) is 11.1. The molecule has 104 valence electrons. The predicted octanol–water partition coefficient (Wildman–Crippen LogP) is 2.44. The van der Waals surface area contributed by atoms with Crippen LogP contribution in [0.5, 0.6) is 11.8 Å². The first-order valence-electron chi connectivity index (χ1n) is 5.80. The molecule has 2 N–H and O–H groups in total. The summed E-state index contributed by atoms with van der Waals surface area (Å²) in [6.45, 7) is 0. The second-order valence-corrected chi connectivity index (χ2v) is 3.83. The highest BCUT2D eigenvalue weighted by Crippen LogP contribution is 2.22. The van der Waals surface area contributed by atoms with E-state index < -0.39 is 0 Å². The van der Waals surface area contributed by atoms with Crippen molar-refractivity contribution in [2.45, 2.75) is 0 Å². The van der Waals surface area contributed by atoms with E-state index in [1.807, 2.05) is 0 Å². The maximum atomic E-state index is 10.1. The van der Waals surface area contributed by atoms with E-state index in [1.165, 1.54) is 14.2 Å². The second-order valence-electron chi connectivity index (χ2n) is 3.83. The number of aromatic nitrogens is 2. The Morgan fingerprint density at radius 1 is 0.800 bits per heavy atom. The number of pyridine rings is 2. The molecule has 2 rings (SSSR count). The van der Waals surface area contributed by atoms with Gasteiger partial charge in [-0.25, -0.2) is 9.97 Å². The SMILES string of the molecule is COc1cccc(/C(O)=C(\O)c2cccc(OC)n2)n1. The molecule has 0 aliphatic heterocycles. The van der Waals surface area contributed by atoms with E-state index in [2.05, 4.69) is 9.97 Å². The molecule has 6 nitrogen and oxygen atoms in total. The fraction of sp³-hybridized carbons (Fsp3) is 0.143. The number of hydrogen-bond acceptors (Lipinski definition) is 6. The van der Waals surface area contributed by atoms with Crippen LogP contribution in [0.4, 0.5) is 0 Å². The molecule has 2 aromatic rings. The van der Waals surface area contributed by atoms with Gasteiger partial charge in [0, 0.05) is 12.1 Å². The van der Waals surface area contributed by atoms with Crippen molar-refractivity contribution in [1.82, 2.24) is 9.97 Å². The molecule has 0 saturated carbocycles. The summed E-state index contributed by atoms with van der Waals surface area (Å²) in [7, 11) is 2.94. The largest absolute Gasteiger partial charge is 0.503 e. The third-order valence-corrected chi connectivity index (χ3v) is 2.57. The molecule has 0 atom stereocenters. The summed E-state index contributed by atoms with van der Waals surface area (Å²) in [4.78, 5) is 8.06. The van der Waals surface area contributed by atoms with Crippen LogP contribution in [0.1, 0.15) is 11.4 Å². The van der Waals surface area contributed by atoms with Crippen LogP contribution >= 0.6 is 0 Å². The van der Waals surface area contributed by atoms with Gasteiger partial charge in [0.2, 0.25) is 11.8 Å². The molecule has 0 aliphatic rings. The van der Waals surface area contributed by atoms with E-state index in [4.69, 9.17) is 9.47 Å². The zero-order chi connectivity index (χ0) is 14.5. The van der Waals surface area contributed by atoms with Gasteiger partial charge in [-0.15, -0.1) is 0 Å². The zero-order valence-electron chi connectivity index (χ0n) is 11.1. The van der Waals surface area contributed by atoms with E-state index in [9.17, 15) is 10.2 Å². The summed E-state index contributed by atoms with van der Waals surface area (Å²) in [5, 5.41) is 20.1. The molecule has 2 heterocycles. The molecular formula is C14H14N2O4. The molecule has 0 aliphatic carbocycles. The van der Waals surface area contributed by atoms with Crippen molar-refractivity contribution >= 4 is 11.5 Å².